The van der Waals surface area contributed by atoms with Crippen molar-refractivity contribution in [3.8, 4) is 0 Å². The minimum Gasteiger partial charge on any atom is -0.411 e. The van der Waals surface area contributed by atoms with E-state index < -0.39 is 0 Å². The first-order valence-corrected chi connectivity index (χ1v) is 4.31. The zero-order valence-corrected chi connectivity index (χ0v) is 7.92. The Morgan fingerprint density at radius 2 is 2.14 bits per heavy atom. The van der Waals surface area contributed by atoms with Gasteiger partial charge in [0.05, 0.1) is 6.21 Å². The van der Waals surface area contributed by atoms with Crippen molar-refractivity contribution < 1.29 is 10.0 Å². The first-order valence-electron chi connectivity index (χ1n) is 4.31. The van der Waals surface area contributed by atoms with E-state index in [2.05, 4.69) is 10.3 Å². The van der Waals surface area contributed by atoms with E-state index in [4.69, 9.17) is 10.0 Å². The lowest BCUT2D eigenvalue weighted by molar-refractivity contribution is 0.159. The van der Waals surface area contributed by atoms with Crippen LogP contribution in [0.4, 0.5) is 0 Å². The van der Waals surface area contributed by atoms with Crippen LogP contribution in [-0.2, 0) is 4.84 Å². The van der Waals surface area contributed by atoms with Gasteiger partial charge in [-0.05, 0) is 6.92 Å². The van der Waals surface area contributed by atoms with E-state index >= 15 is 0 Å². The summed E-state index contributed by atoms with van der Waals surface area (Å²) in [5, 5.41) is 15.2. The molecular formula is C10H12N2O2. The first kappa shape index (κ1) is 10.2. The summed E-state index contributed by atoms with van der Waals surface area (Å²) in [6.45, 7) is 2.32. The van der Waals surface area contributed by atoms with Gasteiger partial charge in [-0.3, -0.25) is 0 Å². The van der Waals surface area contributed by atoms with Gasteiger partial charge in [-0.1, -0.05) is 40.6 Å². The zero-order chi connectivity index (χ0) is 10.2. The molecule has 0 aromatic heterocycles. The van der Waals surface area contributed by atoms with Gasteiger partial charge in [-0.25, -0.2) is 0 Å². The fraction of sp³-hybridized carbons (Fsp3) is 0.200. The summed E-state index contributed by atoms with van der Waals surface area (Å²) in [5.41, 5.74) is 1.34. The quantitative estimate of drug-likeness (QED) is 0.450. The predicted molar refractivity (Wildman–Crippen MR) is 54.9 cm³/mol. The molecule has 0 fully saturated rings. The van der Waals surface area contributed by atoms with Crippen molar-refractivity contribution in [3.05, 3.63) is 35.9 Å². The Bertz CT molecular complexity index is 320. The van der Waals surface area contributed by atoms with Crippen LogP contribution in [-0.4, -0.2) is 23.7 Å². The van der Waals surface area contributed by atoms with E-state index in [1.54, 1.807) is 0 Å². The average molecular weight is 192 g/mol. The maximum Gasteiger partial charge on any atom is 0.131 e. The van der Waals surface area contributed by atoms with Crippen molar-refractivity contribution in [1.29, 1.82) is 0 Å². The van der Waals surface area contributed by atoms with E-state index in [0.29, 0.717) is 12.3 Å². The second-order valence-corrected chi connectivity index (χ2v) is 2.50. The predicted octanol–water partition coefficient (Wildman–Crippen LogP) is 1.89. The highest BCUT2D eigenvalue weighted by Gasteiger charge is 1.99. The van der Waals surface area contributed by atoms with Crippen LogP contribution in [0.25, 0.3) is 0 Å². The van der Waals surface area contributed by atoms with Gasteiger partial charge in [0.2, 0.25) is 0 Å². The molecule has 0 aliphatic carbocycles. The van der Waals surface area contributed by atoms with E-state index in [9.17, 15) is 0 Å². The fourth-order valence-corrected chi connectivity index (χ4v) is 0.949. The van der Waals surface area contributed by atoms with Gasteiger partial charge in [0.25, 0.3) is 0 Å². The summed E-state index contributed by atoms with van der Waals surface area (Å²) in [5.74, 6) is 0. The van der Waals surface area contributed by atoms with E-state index in [0.717, 1.165) is 5.56 Å². The molecule has 0 spiro atoms. The van der Waals surface area contributed by atoms with Crippen molar-refractivity contribution >= 4 is 11.9 Å². The van der Waals surface area contributed by atoms with Crippen molar-refractivity contribution in [2.75, 3.05) is 6.61 Å². The molecule has 0 aliphatic heterocycles. The summed E-state index contributed by atoms with van der Waals surface area (Å²) in [6, 6.07) is 9.38. The summed E-state index contributed by atoms with van der Waals surface area (Å²) >= 11 is 0. The van der Waals surface area contributed by atoms with Crippen LogP contribution in [0.3, 0.4) is 0 Å². The van der Waals surface area contributed by atoms with Gasteiger partial charge >= 0.3 is 0 Å². The third-order valence-corrected chi connectivity index (χ3v) is 1.54. The summed E-state index contributed by atoms with van der Waals surface area (Å²) in [4.78, 5) is 4.89. The Kier molecular flexibility index (Phi) is 4.20. The zero-order valence-electron chi connectivity index (χ0n) is 7.92. The Labute approximate surface area is 82.5 Å². The number of nitrogens with zero attached hydrogens (tertiary/aromatic N) is 2. The molecule has 0 bridgehead atoms. The van der Waals surface area contributed by atoms with Crippen molar-refractivity contribution in [3.63, 3.8) is 0 Å². The second kappa shape index (κ2) is 5.75. The van der Waals surface area contributed by atoms with Gasteiger partial charge in [0.15, 0.2) is 0 Å². The van der Waals surface area contributed by atoms with Crippen LogP contribution in [0.2, 0.25) is 0 Å². The molecule has 0 radical (unpaired) electrons. The lowest BCUT2D eigenvalue weighted by Crippen LogP contribution is -2.03. The lowest BCUT2D eigenvalue weighted by Gasteiger charge is -1.99. The molecule has 1 aromatic rings. The average Bonchev–Trinajstić information content (AvgIpc) is 2.25. The third kappa shape index (κ3) is 2.90. The largest absolute Gasteiger partial charge is 0.411 e. The van der Waals surface area contributed by atoms with Crippen molar-refractivity contribution in [2.45, 2.75) is 6.92 Å². The van der Waals surface area contributed by atoms with Gasteiger partial charge in [0, 0.05) is 5.56 Å². The smallest absolute Gasteiger partial charge is 0.131 e. The molecular weight excluding hydrogens is 180 g/mol. The molecule has 1 rings (SSSR count). The van der Waals surface area contributed by atoms with Gasteiger partial charge in [-0.2, -0.15) is 0 Å². The minimum absolute atomic E-state index is 0.482. The Morgan fingerprint density at radius 3 is 2.71 bits per heavy atom. The molecule has 0 atom stereocenters. The monoisotopic (exact) mass is 192 g/mol. The first-order chi connectivity index (χ1) is 6.88. The molecule has 4 nitrogen and oxygen atoms in total. The normalized spacial score (nSPS) is 11.9. The van der Waals surface area contributed by atoms with E-state index in [1.807, 2.05) is 37.3 Å². The molecule has 0 saturated heterocycles. The van der Waals surface area contributed by atoms with Crippen LogP contribution < -0.4 is 0 Å². The molecule has 0 saturated carbocycles. The van der Waals surface area contributed by atoms with E-state index in [-0.39, 0.29) is 0 Å². The molecule has 0 amide bonds. The van der Waals surface area contributed by atoms with E-state index in [1.165, 1.54) is 6.21 Å². The topological polar surface area (TPSA) is 54.2 Å². The summed E-state index contributed by atoms with van der Waals surface area (Å²) in [6.07, 6.45) is 1.24. The van der Waals surface area contributed by atoms with Crippen molar-refractivity contribution in [2.24, 2.45) is 10.3 Å². The summed E-state index contributed by atoms with van der Waals surface area (Å²) in [7, 11) is 0. The number of oxime groups is 2. The maximum absolute atomic E-state index is 8.43. The minimum atomic E-state index is 0.482. The standard InChI is InChI=1S/C10H12N2O2/c1-2-14-12-10(8-11-13)9-6-4-3-5-7-9/h3-8,13H,2H2,1H3. The lowest BCUT2D eigenvalue weighted by atomic mass is 10.1. The number of rotatable bonds is 4. The van der Waals surface area contributed by atoms with Crippen molar-refractivity contribution in [1.82, 2.24) is 0 Å². The highest BCUT2D eigenvalue weighted by atomic mass is 16.6. The highest BCUT2D eigenvalue weighted by molar-refractivity contribution is 6.37. The fourth-order valence-electron chi connectivity index (χ4n) is 0.949. The molecule has 0 unspecified atom stereocenters. The van der Waals surface area contributed by atoms with Gasteiger partial charge < -0.3 is 10.0 Å². The molecule has 0 aliphatic rings. The van der Waals surface area contributed by atoms with Crippen LogP contribution in [0.15, 0.2) is 40.6 Å². The molecule has 1 N–H and O–H groups in total. The third-order valence-electron chi connectivity index (χ3n) is 1.54. The molecule has 74 valence electrons. The van der Waals surface area contributed by atoms with Gasteiger partial charge in [0.1, 0.15) is 12.3 Å². The molecule has 0 heterocycles. The molecule has 1 aromatic carbocycles. The SMILES string of the molecule is CCON=C(C=NO)c1ccccc1. The van der Waals surface area contributed by atoms with Crippen LogP contribution in [0.1, 0.15) is 12.5 Å². The number of benzene rings is 1. The summed E-state index contributed by atoms with van der Waals surface area (Å²) < 4.78 is 0. The molecule has 4 heteroatoms. The Hall–Kier alpha value is -1.84. The Morgan fingerprint density at radius 1 is 1.43 bits per heavy atom. The highest BCUT2D eigenvalue weighted by Crippen LogP contribution is 2.00. The van der Waals surface area contributed by atoms with Gasteiger partial charge in [-0.15, -0.1) is 0 Å². The van der Waals surface area contributed by atoms with Crippen LogP contribution in [0.5, 0.6) is 0 Å². The number of hydrogen-bond donors (Lipinski definition) is 1. The van der Waals surface area contributed by atoms with Crippen LogP contribution >= 0.6 is 0 Å². The maximum atomic E-state index is 8.43. The second-order valence-electron chi connectivity index (χ2n) is 2.50. The van der Waals surface area contributed by atoms with Crippen LogP contribution in [0, 0.1) is 0 Å². The number of hydrogen-bond acceptors (Lipinski definition) is 4. The Balaban J connectivity index is 2.89. The molecule has 14 heavy (non-hydrogen) atoms.